The summed E-state index contributed by atoms with van der Waals surface area (Å²) in [6.45, 7) is 4.92. The Kier molecular flexibility index (Phi) is 4.14. The maximum atomic E-state index is 4.39. The molecule has 2 rings (SSSR count). The minimum atomic E-state index is 0.751. The van der Waals surface area contributed by atoms with Crippen molar-refractivity contribution >= 4 is 17.6 Å². The van der Waals surface area contributed by atoms with E-state index in [2.05, 4.69) is 32.4 Å². The average molecular weight is 264 g/mol. The van der Waals surface area contributed by atoms with Gasteiger partial charge >= 0.3 is 0 Å². The minimum absolute atomic E-state index is 0.751. The fourth-order valence-electron chi connectivity index (χ4n) is 1.39. The zero-order valence-corrected chi connectivity index (χ0v) is 11.5. The molecule has 0 bridgehead atoms. The molecule has 2 aromatic heterocycles. The minimum Gasteiger partial charge on any atom is -0.370 e. The van der Waals surface area contributed by atoms with Gasteiger partial charge in [-0.1, -0.05) is 6.92 Å². The van der Waals surface area contributed by atoms with Gasteiger partial charge in [0.25, 0.3) is 0 Å². The Morgan fingerprint density at radius 3 is 2.89 bits per heavy atom. The van der Waals surface area contributed by atoms with Gasteiger partial charge in [0.2, 0.25) is 0 Å². The van der Waals surface area contributed by atoms with E-state index < -0.39 is 0 Å². The number of anilines is 1. The monoisotopic (exact) mass is 264 g/mol. The van der Waals surface area contributed by atoms with Crippen LogP contribution in [0.25, 0.3) is 0 Å². The molecule has 96 valence electrons. The van der Waals surface area contributed by atoms with E-state index in [0.717, 1.165) is 34.8 Å². The zero-order valence-electron chi connectivity index (χ0n) is 10.7. The second-order valence-electron chi connectivity index (χ2n) is 3.89. The highest BCUT2D eigenvalue weighted by Gasteiger charge is 2.07. The van der Waals surface area contributed by atoms with E-state index in [-0.39, 0.29) is 0 Å². The number of nitrogens with one attached hydrogen (secondary N) is 1. The van der Waals surface area contributed by atoms with Crippen molar-refractivity contribution in [3.63, 3.8) is 0 Å². The van der Waals surface area contributed by atoms with Crippen molar-refractivity contribution in [3.8, 4) is 0 Å². The maximum absolute atomic E-state index is 4.39. The molecule has 0 saturated heterocycles. The Labute approximate surface area is 110 Å². The van der Waals surface area contributed by atoms with E-state index in [4.69, 9.17) is 0 Å². The van der Waals surface area contributed by atoms with Crippen LogP contribution in [0, 0.1) is 6.92 Å². The van der Waals surface area contributed by atoms with Gasteiger partial charge in [0.1, 0.15) is 23.0 Å². The lowest BCUT2D eigenvalue weighted by atomic mass is 10.4. The SMILES string of the molecule is CCCNc1cc(Sc2nncn2C)nc(C)n1. The van der Waals surface area contributed by atoms with Gasteiger partial charge in [-0.25, -0.2) is 9.97 Å². The summed E-state index contributed by atoms with van der Waals surface area (Å²) in [6.07, 6.45) is 2.74. The molecule has 0 spiro atoms. The van der Waals surface area contributed by atoms with Gasteiger partial charge in [0.05, 0.1) is 0 Å². The molecule has 0 fully saturated rings. The third-order valence-corrected chi connectivity index (χ3v) is 3.21. The summed E-state index contributed by atoms with van der Waals surface area (Å²) in [7, 11) is 1.91. The fourth-order valence-corrected chi connectivity index (χ4v) is 2.21. The summed E-state index contributed by atoms with van der Waals surface area (Å²) in [5, 5.41) is 12.8. The molecule has 2 aromatic rings. The lowest BCUT2D eigenvalue weighted by Gasteiger charge is -2.06. The lowest BCUT2D eigenvalue weighted by molar-refractivity contribution is 0.786. The van der Waals surface area contributed by atoms with Crippen LogP contribution in [0.3, 0.4) is 0 Å². The number of aromatic nitrogens is 5. The zero-order chi connectivity index (χ0) is 13.0. The van der Waals surface area contributed by atoms with E-state index in [1.54, 1.807) is 6.33 Å². The molecule has 0 aromatic carbocycles. The molecule has 6 nitrogen and oxygen atoms in total. The molecule has 1 N–H and O–H groups in total. The Morgan fingerprint density at radius 1 is 1.39 bits per heavy atom. The molecule has 0 aliphatic carbocycles. The quantitative estimate of drug-likeness (QED) is 0.832. The van der Waals surface area contributed by atoms with Gasteiger partial charge in [-0.2, -0.15) is 0 Å². The number of hydrogen-bond donors (Lipinski definition) is 1. The van der Waals surface area contributed by atoms with E-state index >= 15 is 0 Å². The van der Waals surface area contributed by atoms with E-state index in [0.29, 0.717) is 0 Å². The molecule has 7 heteroatoms. The van der Waals surface area contributed by atoms with Crippen molar-refractivity contribution in [2.75, 3.05) is 11.9 Å². The average Bonchev–Trinajstić information content (AvgIpc) is 2.72. The summed E-state index contributed by atoms with van der Waals surface area (Å²) in [5.41, 5.74) is 0. The fraction of sp³-hybridized carbons (Fsp3) is 0.455. The van der Waals surface area contributed by atoms with Crippen molar-refractivity contribution in [2.24, 2.45) is 7.05 Å². The summed E-state index contributed by atoms with van der Waals surface area (Å²) in [4.78, 5) is 8.73. The standard InChI is InChI=1S/C11H16N6S/c1-4-5-12-9-6-10(15-8(2)14-9)18-11-16-13-7-17(11)3/h6-7H,4-5H2,1-3H3,(H,12,14,15). The highest BCUT2D eigenvalue weighted by Crippen LogP contribution is 2.24. The third kappa shape index (κ3) is 3.19. The number of aryl methyl sites for hydroxylation is 2. The number of nitrogens with zero attached hydrogens (tertiary/aromatic N) is 5. The normalized spacial score (nSPS) is 10.6. The number of rotatable bonds is 5. The van der Waals surface area contributed by atoms with Crippen LogP contribution in [0.2, 0.25) is 0 Å². The molecule has 2 heterocycles. The molecule has 0 aliphatic heterocycles. The first kappa shape index (κ1) is 12.8. The summed E-state index contributed by atoms with van der Waals surface area (Å²) >= 11 is 1.48. The molecular formula is C11H16N6S. The molecule has 0 saturated carbocycles. The van der Waals surface area contributed by atoms with Crippen LogP contribution in [-0.2, 0) is 7.05 Å². The van der Waals surface area contributed by atoms with Crippen molar-refractivity contribution in [1.82, 2.24) is 24.7 Å². The molecule has 0 aliphatic rings. The van der Waals surface area contributed by atoms with Crippen LogP contribution in [0.4, 0.5) is 5.82 Å². The van der Waals surface area contributed by atoms with Crippen molar-refractivity contribution in [3.05, 3.63) is 18.2 Å². The molecule has 0 unspecified atom stereocenters. The lowest BCUT2D eigenvalue weighted by Crippen LogP contribution is -2.04. The third-order valence-electron chi connectivity index (χ3n) is 2.24. The Bertz CT molecular complexity index is 524. The van der Waals surface area contributed by atoms with Crippen molar-refractivity contribution in [2.45, 2.75) is 30.5 Å². The first-order valence-corrected chi connectivity index (χ1v) is 6.62. The Balaban J connectivity index is 2.17. The van der Waals surface area contributed by atoms with Gasteiger partial charge < -0.3 is 9.88 Å². The van der Waals surface area contributed by atoms with Crippen LogP contribution >= 0.6 is 11.8 Å². The first-order valence-electron chi connectivity index (χ1n) is 5.80. The number of hydrogen-bond acceptors (Lipinski definition) is 6. The van der Waals surface area contributed by atoms with Crippen LogP contribution < -0.4 is 5.32 Å². The summed E-state index contributed by atoms with van der Waals surface area (Å²) in [6, 6.07) is 1.93. The summed E-state index contributed by atoms with van der Waals surface area (Å²) < 4.78 is 1.86. The van der Waals surface area contributed by atoms with Crippen LogP contribution in [0.1, 0.15) is 19.2 Å². The molecular weight excluding hydrogens is 248 g/mol. The molecule has 0 amide bonds. The largest absolute Gasteiger partial charge is 0.370 e. The van der Waals surface area contributed by atoms with E-state index in [9.17, 15) is 0 Å². The highest BCUT2D eigenvalue weighted by molar-refractivity contribution is 7.99. The molecule has 0 atom stereocenters. The van der Waals surface area contributed by atoms with Crippen LogP contribution in [0.15, 0.2) is 22.6 Å². The van der Waals surface area contributed by atoms with E-state index in [1.807, 2.05) is 24.6 Å². The second kappa shape index (κ2) is 5.81. The highest BCUT2D eigenvalue weighted by atomic mass is 32.2. The maximum Gasteiger partial charge on any atom is 0.197 e. The van der Waals surface area contributed by atoms with E-state index in [1.165, 1.54) is 11.8 Å². The van der Waals surface area contributed by atoms with Gasteiger partial charge in [0.15, 0.2) is 5.16 Å². The topological polar surface area (TPSA) is 68.5 Å². The van der Waals surface area contributed by atoms with Crippen molar-refractivity contribution in [1.29, 1.82) is 0 Å². The Morgan fingerprint density at radius 2 is 2.22 bits per heavy atom. The molecule has 0 radical (unpaired) electrons. The Hall–Kier alpha value is -1.63. The predicted octanol–water partition coefficient (Wildman–Crippen LogP) is 1.89. The molecule has 18 heavy (non-hydrogen) atoms. The summed E-state index contributed by atoms with van der Waals surface area (Å²) in [5.74, 6) is 1.61. The van der Waals surface area contributed by atoms with Crippen LogP contribution in [0.5, 0.6) is 0 Å². The van der Waals surface area contributed by atoms with Gasteiger partial charge in [-0.05, 0) is 25.1 Å². The first-order chi connectivity index (χ1) is 8.69. The van der Waals surface area contributed by atoms with Gasteiger partial charge in [-0.15, -0.1) is 10.2 Å². The van der Waals surface area contributed by atoms with Gasteiger partial charge in [0, 0.05) is 19.7 Å². The predicted molar refractivity (Wildman–Crippen MR) is 70.7 cm³/mol. The second-order valence-corrected chi connectivity index (χ2v) is 4.88. The van der Waals surface area contributed by atoms with Gasteiger partial charge in [-0.3, -0.25) is 0 Å². The van der Waals surface area contributed by atoms with Crippen LogP contribution in [-0.4, -0.2) is 31.3 Å². The van der Waals surface area contributed by atoms with Crippen molar-refractivity contribution < 1.29 is 0 Å². The smallest absolute Gasteiger partial charge is 0.197 e.